The molecule has 0 radical (unpaired) electrons. The summed E-state index contributed by atoms with van der Waals surface area (Å²) in [5.74, 6) is 0. The van der Waals surface area contributed by atoms with Gasteiger partial charge in [0, 0.05) is 6.20 Å². The minimum atomic E-state index is 0.217. The molecule has 4 heteroatoms. The van der Waals surface area contributed by atoms with E-state index >= 15 is 0 Å². The van der Waals surface area contributed by atoms with E-state index in [0.29, 0.717) is 5.12 Å². The van der Waals surface area contributed by atoms with Crippen LogP contribution >= 0.6 is 0 Å². The molecule has 0 saturated heterocycles. The Morgan fingerprint density at radius 3 is 2.54 bits per heavy atom. The highest BCUT2D eigenvalue weighted by atomic mass is 19.2. The van der Waals surface area contributed by atoms with Crippen LogP contribution in [-0.2, 0) is 0 Å². The Morgan fingerprint density at radius 2 is 1.92 bits per heavy atom. The smallest absolute Gasteiger partial charge is 0.139 e. The summed E-state index contributed by atoms with van der Waals surface area (Å²) in [6, 6.07) is 9.64. The number of halogens is 1. The van der Waals surface area contributed by atoms with E-state index in [1.807, 2.05) is 30.3 Å². The number of hydrogen-bond donors (Lipinski definition) is 1. The second kappa shape index (κ2) is 3.35. The van der Waals surface area contributed by atoms with Crippen LogP contribution in [0.15, 0.2) is 42.7 Å². The van der Waals surface area contributed by atoms with Gasteiger partial charge >= 0.3 is 0 Å². The fourth-order valence-corrected chi connectivity index (χ4v) is 1.14. The topological polar surface area (TPSA) is 18.5 Å². The molecular weight excluding hydrogens is 169 g/mol. The third-order valence-electron chi connectivity index (χ3n) is 1.74. The van der Waals surface area contributed by atoms with Crippen molar-refractivity contribution in [2.24, 2.45) is 0 Å². The summed E-state index contributed by atoms with van der Waals surface area (Å²) in [6.45, 7) is 0.217. The monoisotopic (exact) mass is 179 g/mol. The van der Waals surface area contributed by atoms with Crippen molar-refractivity contribution in [1.29, 1.82) is 0 Å². The zero-order valence-electron chi connectivity index (χ0n) is 7.02. The van der Waals surface area contributed by atoms with Gasteiger partial charge in [0.05, 0.1) is 11.9 Å². The number of nitrogens with one attached hydrogen (secondary N) is 1. The van der Waals surface area contributed by atoms with Gasteiger partial charge in [0.2, 0.25) is 0 Å². The second-order valence-corrected chi connectivity index (χ2v) is 2.79. The Morgan fingerprint density at radius 1 is 1.15 bits per heavy atom. The molecule has 13 heavy (non-hydrogen) atoms. The molecule has 0 aliphatic carbocycles. The van der Waals surface area contributed by atoms with Gasteiger partial charge in [-0.1, -0.05) is 22.7 Å². The van der Waals surface area contributed by atoms with Gasteiger partial charge < -0.3 is 0 Å². The minimum Gasteiger partial charge on any atom is -0.297 e. The van der Waals surface area contributed by atoms with E-state index in [9.17, 15) is 4.48 Å². The zero-order valence-corrected chi connectivity index (χ0v) is 7.02. The Labute approximate surface area is 76.0 Å². The molecule has 3 nitrogen and oxygen atoms in total. The van der Waals surface area contributed by atoms with Gasteiger partial charge in [-0.15, -0.1) is 0 Å². The SMILES string of the molecule is FN1C=CN(Nc2ccccc2)C1. The molecule has 0 fully saturated rings. The zero-order chi connectivity index (χ0) is 9.10. The highest BCUT2D eigenvalue weighted by Gasteiger charge is 2.09. The molecule has 0 unspecified atom stereocenters. The molecule has 0 bridgehead atoms. The van der Waals surface area contributed by atoms with Crippen molar-refractivity contribution in [2.75, 3.05) is 12.1 Å². The first-order chi connectivity index (χ1) is 6.34. The maximum atomic E-state index is 12.5. The van der Waals surface area contributed by atoms with E-state index in [4.69, 9.17) is 0 Å². The first kappa shape index (κ1) is 7.91. The summed E-state index contributed by atoms with van der Waals surface area (Å²) >= 11 is 0. The molecule has 1 aliphatic heterocycles. The molecule has 1 aromatic carbocycles. The summed E-state index contributed by atoms with van der Waals surface area (Å²) in [4.78, 5) is 0. The molecule has 1 aliphatic rings. The first-order valence-corrected chi connectivity index (χ1v) is 4.04. The van der Waals surface area contributed by atoms with E-state index in [0.717, 1.165) is 5.69 Å². The standard InChI is InChI=1S/C9H10FN3/c10-12-6-7-13(8-12)11-9-4-2-1-3-5-9/h1-7,11H,8H2. The number of para-hydroxylation sites is 1. The van der Waals surface area contributed by atoms with Gasteiger partial charge in [0.1, 0.15) is 6.67 Å². The lowest BCUT2D eigenvalue weighted by Gasteiger charge is -2.18. The predicted octanol–water partition coefficient (Wildman–Crippen LogP) is 1.94. The van der Waals surface area contributed by atoms with Gasteiger partial charge in [-0.05, 0) is 12.1 Å². The molecule has 0 aromatic heterocycles. The maximum Gasteiger partial charge on any atom is 0.139 e. The number of nitrogens with zero attached hydrogens (tertiary/aromatic N) is 2. The van der Waals surface area contributed by atoms with Gasteiger partial charge in [-0.25, -0.2) is 0 Å². The van der Waals surface area contributed by atoms with Crippen LogP contribution in [0, 0.1) is 0 Å². The van der Waals surface area contributed by atoms with Crippen LogP contribution < -0.4 is 5.43 Å². The van der Waals surface area contributed by atoms with Crippen LogP contribution in [-0.4, -0.2) is 16.8 Å². The predicted molar refractivity (Wildman–Crippen MR) is 48.9 cm³/mol. The number of benzene rings is 1. The van der Waals surface area contributed by atoms with Crippen molar-refractivity contribution < 1.29 is 4.48 Å². The summed E-state index contributed by atoms with van der Waals surface area (Å²) in [5, 5.41) is 2.27. The lowest BCUT2D eigenvalue weighted by atomic mass is 10.3. The molecule has 1 N–H and O–H groups in total. The van der Waals surface area contributed by atoms with Crippen molar-refractivity contribution in [1.82, 2.24) is 10.1 Å². The third-order valence-corrected chi connectivity index (χ3v) is 1.74. The number of rotatable bonds is 2. The first-order valence-electron chi connectivity index (χ1n) is 4.04. The van der Waals surface area contributed by atoms with Crippen LogP contribution in [0.3, 0.4) is 0 Å². The van der Waals surface area contributed by atoms with E-state index in [2.05, 4.69) is 5.43 Å². The molecule has 68 valence electrons. The average Bonchev–Trinajstić information content (AvgIpc) is 2.53. The Hall–Kier alpha value is -1.71. The molecule has 2 rings (SSSR count). The molecule has 0 spiro atoms. The normalized spacial score (nSPS) is 15.2. The number of anilines is 1. The highest BCUT2D eigenvalue weighted by molar-refractivity contribution is 5.41. The van der Waals surface area contributed by atoms with Crippen LogP contribution in [0.4, 0.5) is 10.2 Å². The average molecular weight is 179 g/mol. The highest BCUT2D eigenvalue weighted by Crippen LogP contribution is 2.11. The van der Waals surface area contributed by atoms with Crippen molar-refractivity contribution in [3.8, 4) is 0 Å². The van der Waals surface area contributed by atoms with Crippen molar-refractivity contribution in [3.63, 3.8) is 0 Å². The second-order valence-electron chi connectivity index (χ2n) is 2.79. The number of hydrogen-bond acceptors (Lipinski definition) is 3. The summed E-state index contributed by atoms with van der Waals surface area (Å²) in [6.07, 6.45) is 3.02. The van der Waals surface area contributed by atoms with Crippen molar-refractivity contribution >= 4 is 5.69 Å². The minimum absolute atomic E-state index is 0.217. The molecule has 1 aromatic rings. The lowest BCUT2D eigenvalue weighted by Crippen LogP contribution is -2.26. The molecular formula is C9H10FN3. The van der Waals surface area contributed by atoms with Gasteiger partial charge in [-0.2, -0.15) is 5.12 Å². The summed E-state index contributed by atoms with van der Waals surface area (Å²) < 4.78 is 12.5. The lowest BCUT2D eigenvalue weighted by molar-refractivity contribution is 0.0688. The van der Waals surface area contributed by atoms with E-state index in [1.165, 1.54) is 6.20 Å². The van der Waals surface area contributed by atoms with E-state index in [1.54, 1.807) is 11.2 Å². The number of hydrazine groups is 1. The molecule has 1 heterocycles. The van der Waals surface area contributed by atoms with Crippen molar-refractivity contribution in [3.05, 3.63) is 42.7 Å². The van der Waals surface area contributed by atoms with Gasteiger partial charge in [0.15, 0.2) is 0 Å². The fourth-order valence-electron chi connectivity index (χ4n) is 1.14. The summed E-state index contributed by atoms with van der Waals surface area (Å²) in [7, 11) is 0. The van der Waals surface area contributed by atoms with Crippen LogP contribution in [0.1, 0.15) is 0 Å². The Kier molecular flexibility index (Phi) is 2.04. The van der Waals surface area contributed by atoms with Crippen molar-refractivity contribution in [2.45, 2.75) is 0 Å². The molecule has 0 amide bonds. The van der Waals surface area contributed by atoms with Gasteiger partial charge in [0.25, 0.3) is 0 Å². The van der Waals surface area contributed by atoms with Gasteiger partial charge in [-0.3, -0.25) is 10.4 Å². The molecule has 0 atom stereocenters. The largest absolute Gasteiger partial charge is 0.297 e. The Balaban J connectivity index is 1.96. The maximum absolute atomic E-state index is 12.5. The third kappa shape index (κ3) is 1.90. The van der Waals surface area contributed by atoms with Crippen LogP contribution in [0.25, 0.3) is 0 Å². The van der Waals surface area contributed by atoms with E-state index in [-0.39, 0.29) is 6.67 Å². The summed E-state index contributed by atoms with van der Waals surface area (Å²) in [5.41, 5.74) is 3.98. The molecule has 0 saturated carbocycles. The Bertz CT molecular complexity index is 299. The van der Waals surface area contributed by atoms with E-state index < -0.39 is 0 Å². The fraction of sp³-hybridized carbons (Fsp3) is 0.111. The van der Waals surface area contributed by atoms with Crippen LogP contribution in [0.5, 0.6) is 0 Å². The quantitative estimate of drug-likeness (QED) is 0.700. The van der Waals surface area contributed by atoms with Crippen LogP contribution in [0.2, 0.25) is 0 Å².